The Morgan fingerprint density at radius 1 is 1.11 bits per heavy atom. The number of hydrogen-bond donors (Lipinski definition) is 1. The van der Waals surface area contributed by atoms with Crippen LogP contribution in [0.3, 0.4) is 0 Å². The number of rotatable bonds is 4. The molecule has 0 heterocycles. The first-order chi connectivity index (χ1) is 9.13. The van der Waals surface area contributed by atoms with E-state index in [0.29, 0.717) is 23.0 Å². The third-order valence-electron chi connectivity index (χ3n) is 2.70. The summed E-state index contributed by atoms with van der Waals surface area (Å²) in [7, 11) is 1.56. The van der Waals surface area contributed by atoms with Gasteiger partial charge in [0, 0.05) is 17.1 Å². The molecule has 2 aromatic rings. The summed E-state index contributed by atoms with van der Waals surface area (Å²) in [6, 6.07) is 10.2. The van der Waals surface area contributed by atoms with Crippen LogP contribution in [0.2, 0.25) is 10.0 Å². The topological polar surface area (TPSA) is 21.3 Å². The molecule has 0 aliphatic rings. The molecule has 2 aromatic carbocycles. The molecule has 0 saturated carbocycles. The van der Waals surface area contributed by atoms with E-state index in [1.165, 1.54) is 6.07 Å². The van der Waals surface area contributed by atoms with Gasteiger partial charge < -0.3 is 10.1 Å². The lowest BCUT2D eigenvalue weighted by Gasteiger charge is -2.13. The van der Waals surface area contributed by atoms with Crippen molar-refractivity contribution in [2.45, 2.75) is 6.54 Å². The summed E-state index contributed by atoms with van der Waals surface area (Å²) in [5.41, 5.74) is 1.10. The zero-order valence-electron chi connectivity index (χ0n) is 10.2. The Morgan fingerprint density at radius 2 is 1.79 bits per heavy atom. The minimum Gasteiger partial charge on any atom is -0.496 e. The van der Waals surface area contributed by atoms with Crippen molar-refractivity contribution < 1.29 is 9.13 Å². The summed E-state index contributed by atoms with van der Waals surface area (Å²) in [5.74, 6) is 0.178. The van der Waals surface area contributed by atoms with E-state index in [0.717, 1.165) is 5.56 Å². The zero-order chi connectivity index (χ0) is 13.8. The highest BCUT2D eigenvalue weighted by Gasteiger charge is 2.10. The summed E-state index contributed by atoms with van der Waals surface area (Å²) < 4.78 is 19.0. The lowest BCUT2D eigenvalue weighted by molar-refractivity contribution is 0.410. The largest absolute Gasteiger partial charge is 0.496 e. The predicted molar refractivity (Wildman–Crippen MR) is 76.7 cm³/mol. The summed E-state index contributed by atoms with van der Waals surface area (Å²) in [5, 5.41) is 3.61. The number of methoxy groups -OCH3 is 1. The first-order valence-corrected chi connectivity index (χ1v) is 6.38. The van der Waals surface area contributed by atoms with E-state index < -0.39 is 5.82 Å². The van der Waals surface area contributed by atoms with Gasteiger partial charge >= 0.3 is 0 Å². The third-order valence-corrected chi connectivity index (χ3v) is 3.35. The molecule has 5 heteroatoms. The molecule has 0 bridgehead atoms. The molecule has 0 spiro atoms. The van der Waals surface area contributed by atoms with Crippen molar-refractivity contribution >= 4 is 28.9 Å². The van der Waals surface area contributed by atoms with Gasteiger partial charge in [0.15, 0.2) is 5.82 Å². The molecule has 0 unspecified atom stereocenters. The van der Waals surface area contributed by atoms with Gasteiger partial charge in [-0.15, -0.1) is 0 Å². The second-order valence-corrected chi connectivity index (χ2v) is 4.69. The van der Waals surface area contributed by atoms with Crippen molar-refractivity contribution in [1.29, 1.82) is 0 Å². The van der Waals surface area contributed by atoms with Crippen LogP contribution in [0.4, 0.5) is 10.1 Å². The minimum atomic E-state index is -0.477. The summed E-state index contributed by atoms with van der Waals surface area (Å²) in [6.45, 7) is 0.347. The number of anilines is 1. The quantitative estimate of drug-likeness (QED) is 0.879. The van der Waals surface area contributed by atoms with Crippen LogP contribution in [-0.2, 0) is 6.54 Å². The molecule has 0 aromatic heterocycles. The molecule has 2 nitrogen and oxygen atoms in total. The summed E-state index contributed by atoms with van der Waals surface area (Å²) in [6.07, 6.45) is 0. The minimum absolute atomic E-state index is 0.0797. The van der Waals surface area contributed by atoms with E-state index in [9.17, 15) is 4.39 Å². The number of ether oxygens (including phenoxy) is 1. The first-order valence-electron chi connectivity index (χ1n) is 5.62. The Labute approximate surface area is 121 Å². The van der Waals surface area contributed by atoms with Crippen LogP contribution < -0.4 is 10.1 Å². The van der Waals surface area contributed by atoms with Crippen LogP contribution in [0.15, 0.2) is 36.4 Å². The first kappa shape index (κ1) is 14.0. The van der Waals surface area contributed by atoms with Crippen molar-refractivity contribution in [3.05, 3.63) is 57.8 Å². The van der Waals surface area contributed by atoms with Gasteiger partial charge in [-0.25, -0.2) is 4.39 Å². The van der Waals surface area contributed by atoms with Crippen molar-refractivity contribution in [3.63, 3.8) is 0 Å². The van der Waals surface area contributed by atoms with E-state index >= 15 is 0 Å². The Hall–Kier alpha value is -1.45. The molecule has 1 N–H and O–H groups in total. The van der Waals surface area contributed by atoms with E-state index in [-0.39, 0.29) is 5.02 Å². The maximum atomic E-state index is 13.7. The normalized spacial score (nSPS) is 10.3. The fourth-order valence-corrected chi connectivity index (χ4v) is 2.13. The van der Waals surface area contributed by atoms with E-state index in [2.05, 4.69) is 5.32 Å². The van der Waals surface area contributed by atoms with Gasteiger partial charge in [-0.05, 0) is 24.3 Å². The Morgan fingerprint density at radius 3 is 2.53 bits per heavy atom. The van der Waals surface area contributed by atoms with Gasteiger partial charge in [-0.3, -0.25) is 0 Å². The highest BCUT2D eigenvalue weighted by Crippen LogP contribution is 2.28. The molecule has 0 atom stereocenters. The van der Waals surface area contributed by atoms with Crippen LogP contribution in [-0.4, -0.2) is 7.11 Å². The van der Waals surface area contributed by atoms with Crippen LogP contribution >= 0.6 is 23.2 Å². The lowest BCUT2D eigenvalue weighted by Crippen LogP contribution is -2.04. The monoisotopic (exact) mass is 299 g/mol. The SMILES string of the molecule is COc1cccc(Cl)c1CNc1cccc(Cl)c1F. The average Bonchev–Trinajstić information content (AvgIpc) is 2.41. The fraction of sp³-hybridized carbons (Fsp3) is 0.143. The molecule has 0 amide bonds. The van der Waals surface area contributed by atoms with Gasteiger partial charge in [0.25, 0.3) is 0 Å². The van der Waals surface area contributed by atoms with Crippen molar-refractivity contribution in [2.75, 3.05) is 12.4 Å². The predicted octanol–water partition coefficient (Wildman–Crippen LogP) is 4.75. The standard InChI is InChI=1S/C14H12Cl2FNO/c1-19-13-7-3-4-10(15)9(13)8-18-12-6-2-5-11(16)14(12)17/h2-7,18H,8H2,1H3. The third kappa shape index (κ3) is 3.11. The molecule has 100 valence electrons. The van der Waals surface area contributed by atoms with Gasteiger partial charge in [-0.2, -0.15) is 0 Å². The molecular formula is C14H12Cl2FNO. The Balaban J connectivity index is 2.21. The Bertz CT molecular complexity index is 590. The molecular weight excluding hydrogens is 288 g/mol. The summed E-state index contributed by atoms with van der Waals surface area (Å²) >= 11 is 11.8. The molecule has 0 radical (unpaired) electrons. The van der Waals surface area contributed by atoms with Crippen molar-refractivity contribution in [2.24, 2.45) is 0 Å². The molecule has 19 heavy (non-hydrogen) atoms. The van der Waals surface area contributed by atoms with E-state index in [4.69, 9.17) is 27.9 Å². The van der Waals surface area contributed by atoms with Gasteiger partial charge in [0.2, 0.25) is 0 Å². The second-order valence-electron chi connectivity index (χ2n) is 3.88. The second kappa shape index (κ2) is 6.13. The maximum absolute atomic E-state index is 13.7. The smallest absolute Gasteiger partial charge is 0.164 e. The molecule has 0 saturated heterocycles. The number of benzene rings is 2. The zero-order valence-corrected chi connectivity index (χ0v) is 11.7. The van der Waals surface area contributed by atoms with Crippen molar-refractivity contribution in [1.82, 2.24) is 0 Å². The highest BCUT2D eigenvalue weighted by atomic mass is 35.5. The molecule has 2 rings (SSSR count). The molecule has 0 aliphatic carbocycles. The van der Waals surface area contributed by atoms with Crippen LogP contribution in [0, 0.1) is 5.82 Å². The fourth-order valence-electron chi connectivity index (χ4n) is 1.73. The summed E-state index contributed by atoms with van der Waals surface area (Å²) in [4.78, 5) is 0. The lowest BCUT2D eigenvalue weighted by atomic mass is 10.2. The van der Waals surface area contributed by atoms with Gasteiger partial charge in [0.05, 0.1) is 17.8 Å². The number of halogens is 3. The van der Waals surface area contributed by atoms with E-state index in [1.54, 1.807) is 37.4 Å². The van der Waals surface area contributed by atoms with E-state index in [1.807, 2.05) is 0 Å². The van der Waals surface area contributed by atoms with Crippen LogP contribution in [0.25, 0.3) is 0 Å². The van der Waals surface area contributed by atoms with Gasteiger partial charge in [0.1, 0.15) is 5.75 Å². The molecule has 0 aliphatic heterocycles. The maximum Gasteiger partial charge on any atom is 0.164 e. The number of nitrogens with one attached hydrogen (secondary N) is 1. The van der Waals surface area contributed by atoms with Crippen molar-refractivity contribution in [3.8, 4) is 5.75 Å². The molecule has 0 fully saturated rings. The Kier molecular flexibility index (Phi) is 4.51. The van der Waals surface area contributed by atoms with Crippen LogP contribution in [0.5, 0.6) is 5.75 Å². The number of hydrogen-bond acceptors (Lipinski definition) is 2. The van der Waals surface area contributed by atoms with Gasteiger partial charge in [-0.1, -0.05) is 35.3 Å². The van der Waals surface area contributed by atoms with Crippen LogP contribution in [0.1, 0.15) is 5.56 Å². The highest BCUT2D eigenvalue weighted by molar-refractivity contribution is 6.31. The average molecular weight is 300 g/mol.